The molecule has 0 aliphatic heterocycles. The van der Waals surface area contributed by atoms with Crippen LogP contribution in [0.1, 0.15) is 6.92 Å². The van der Waals surface area contributed by atoms with Gasteiger partial charge < -0.3 is 21.5 Å². The van der Waals surface area contributed by atoms with E-state index < -0.39 is 23.8 Å². The van der Waals surface area contributed by atoms with Gasteiger partial charge in [-0.2, -0.15) is 0 Å². The predicted molar refractivity (Wildman–Crippen MR) is 47.4 cm³/mol. The van der Waals surface area contributed by atoms with E-state index in [2.05, 4.69) is 10.6 Å². The summed E-state index contributed by atoms with van der Waals surface area (Å²) in [6, 6.07) is -0.614. The van der Waals surface area contributed by atoms with Crippen LogP contribution in [0.5, 0.6) is 0 Å². The molecule has 3 amide bonds. The summed E-state index contributed by atoms with van der Waals surface area (Å²) in [5.74, 6) is -2.33. The zero-order valence-corrected chi connectivity index (χ0v) is 7.74. The van der Waals surface area contributed by atoms with Gasteiger partial charge in [-0.15, -0.1) is 0 Å². The fourth-order valence-corrected chi connectivity index (χ4v) is 0.563. The summed E-state index contributed by atoms with van der Waals surface area (Å²) in [4.78, 5) is 31.4. The molecule has 1 unspecified atom stereocenters. The molecule has 0 radical (unpaired) electrons. The van der Waals surface area contributed by atoms with Crippen molar-refractivity contribution in [1.29, 1.82) is 0 Å². The van der Waals surface area contributed by atoms with E-state index in [1.165, 1.54) is 6.92 Å². The molecule has 0 aromatic heterocycles. The Balaban J connectivity index is 3.64. The highest BCUT2D eigenvalue weighted by atomic mass is 16.4. The maximum atomic E-state index is 10.9. The Morgan fingerprint density at radius 2 is 1.93 bits per heavy atom. The molecule has 0 fully saturated rings. The third-order valence-electron chi connectivity index (χ3n) is 1.41. The molecule has 14 heavy (non-hydrogen) atoms. The lowest BCUT2D eigenvalue weighted by Crippen LogP contribution is -2.42. The summed E-state index contributed by atoms with van der Waals surface area (Å²) in [5.41, 5.74) is 4.77. The summed E-state index contributed by atoms with van der Waals surface area (Å²) in [6.07, 6.45) is 0. The van der Waals surface area contributed by atoms with E-state index in [0.29, 0.717) is 0 Å². The molecule has 0 aromatic rings. The first kappa shape index (κ1) is 12.2. The van der Waals surface area contributed by atoms with E-state index in [1.807, 2.05) is 0 Å². The Labute approximate surface area is 80.6 Å². The molecular formula is C7H13N3O4. The Bertz CT molecular complexity index is 241. The van der Waals surface area contributed by atoms with Crippen LogP contribution in [-0.2, 0) is 9.59 Å². The lowest BCUT2D eigenvalue weighted by atomic mass is 10.2. The zero-order chi connectivity index (χ0) is 11.1. The molecule has 0 saturated heterocycles. The number of hydrogen-bond donors (Lipinski definition) is 4. The van der Waals surface area contributed by atoms with Gasteiger partial charge in [0.05, 0.1) is 12.5 Å². The number of carbonyl (C=O) groups is 3. The molecule has 0 heterocycles. The zero-order valence-electron chi connectivity index (χ0n) is 7.74. The fraction of sp³-hybridized carbons (Fsp3) is 0.571. The normalized spacial score (nSPS) is 11.5. The van der Waals surface area contributed by atoms with E-state index in [1.54, 1.807) is 0 Å². The second-order valence-electron chi connectivity index (χ2n) is 2.77. The minimum atomic E-state index is -1.000. The van der Waals surface area contributed by atoms with Crippen molar-refractivity contribution in [1.82, 2.24) is 10.6 Å². The van der Waals surface area contributed by atoms with Crippen molar-refractivity contribution in [2.75, 3.05) is 13.1 Å². The number of urea groups is 1. The highest BCUT2D eigenvalue weighted by molar-refractivity contribution is 5.83. The lowest BCUT2D eigenvalue weighted by molar-refractivity contribution is -0.140. The van der Waals surface area contributed by atoms with Crippen LogP contribution < -0.4 is 16.4 Å². The van der Waals surface area contributed by atoms with Crippen molar-refractivity contribution in [2.45, 2.75) is 6.92 Å². The molecule has 0 bridgehead atoms. The smallest absolute Gasteiger partial charge is 0.315 e. The number of carboxylic acid groups (broad SMARTS) is 1. The topological polar surface area (TPSA) is 122 Å². The van der Waals surface area contributed by atoms with Crippen LogP contribution in [0.3, 0.4) is 0 Å². The molecular weight excluding hydrogens is 190 g/mol. The first-order valence-electron chi connectivity index (χ1n) is 3.96. The van der Waals surface area contributed by atoms with Gasteiger partial charge in [-0.05, 0) is 0 Å². The number of primary amides is 1. The molecule has 1 atom stereocenters. The van der Waals surface area contributed by atoms with Crippen molar-refractivity contribution in [2.24, 2.45) is 11.7 Å². The van der Waals surface area contributed by atoms with Crippen LogP contribution in [-0.4, -0.2) is 36.1 Å². The van der Waals surface area contributed by atoms with E-state index in [-0.39, 0.29) is 13.1 Å². The van der Waals surface area contributed by atoms with Crippen molar-refractivity contribution < 1.29 is 19.5 Å². The predicted octanol–water partition coefficient (Wildman–Crippen LogP) is -1.51. The first-order chi connectivity index (χ1) is 6.43. The molecule has 80 valence electrons. The van der Waals surface area contributed by atoms with Gasteiger partial charge in [-0.25, -0.2) is 4.79 Å². The molecule has 0 aromatic carbocycles. The van der Waals surface area contributed by atoms with Gasteiger partial charge in [-0.1, -0.05) is 6.92 Å². The maximum absolute atomic E-state index is 10.9. The van der Waals surface area contributed by atoms with Gasteiger partial charge >= 0.3 is 12.0 Å². The molecule has 0 aliphatic rings. The number of nitrogens with two attached hydrogens (primary N) is 1. The standard InChI is InChI=1S/C7H13N3O4/c1-4(6(12)13)2-9-7(14)10-3-5(8)11/h4H,2-3H2,1H3,(H2,8,11)(H,12,13)(H2,9,10,14). The van der Waals surface area contributed by atoms with Crippen LogP contribution in [0, 0.1) is 5.92 Å². The van der Waals surface area contributed by atoms with E-state index in [9.17, 15) is 14.4 Å². The van der Waals surface area contributed by atoms with Crippen LogP contribution in [0.25, 0.3) is 0 Å². The highest BCUT2D eigenvalue weighted by Gasteiger charge is 2.11. The van der Waals surface area contributed by atoms with Gasteiger partial charge in [0.25, 0.3) is 0 Å². The number of hydrogen-bond acceptors (Lipinski definition) is 3. The summed E-state index contributed by atoms with van der Waals surface area (Å²) < 4.78 is 0. The van der Waals surface area contributed by atoms with Crippen molar-refractivity contribution >= 4 is 17.9 Å². The molecule has 0 saturated carbocycles. The number of aliphatic carboxylic acids is 1. The van der Waals surface area contributed by atoms with Crippen molar-refractivity contribution in [3.63, 3.8) is 0 Å². The van der Waals surface area contributed by atoms with Crippen LogP contribution in [0.4, 0.5) is 4.79 Å². The molecule has 5 N–H and O–H groups in total. The van der Waals surface area contributed by atoms with Gasteiger partial charge in [0, 0.05) is 6.54 Å². The number of amides is 3. The number of rotatable bonds is 5. The molecule has 0 rings (SSSR count). The minimum absolute atomic E-state index is 0.0000709. The number of carboxylic acids is 1. The number of carbonyl (C=O) groups excluding carboxylic acids is 2. The summed E-state index contributed by atoms with van der Waals surface area (Å²) in [6.45, 7) is 1.18. The Morgan fingerprint density at radius 3 is 2.36 bits per heavy atom. The highest BCUT2D eigenvalue weighted by Crippen LogP contribution is 1.90. The van der Waals surface area contributed by atoms with Crippen LogP contribution in [0.2, 0.25) is 0 Å². The summed E-state index contributed by atoms with van der Waals surface area (Å²) in [7, 11) is 0. The SMILES string of the molecule is CC(CNC(=O)NCC(N)=O)C(=O)O. The Hall–Kier alpha value is -1.79. The van der Waals surface area contributed by atoms with E-state index >= 15 is 0 Å². The lowest BCUT2D eigenvalue weighted by Gasteiger charge is -2.08. The van der Waals surface area contributed by atoms with Crippen molar-refractivity contribution in [3.8, 4) is 0 Å². The average Bonchev–Trinajstić information content (AvgIpc) is 2.10. The second-order valence-corrected chi connectivity index (χ2v) is 2.77. The van der Waals surface area contributed by atoms with E-state index in [0.717, 1.165) is 0 Å². The third kappa shape index (κ3) is 5.81. The second kappa shape index (κ2) is 5.79. The fourth-order valence-electron chi connectivity index (χ4n) is 0.563. The Kier molecular flexibility index (Phi) is 5.05. The van der Waals surface area contributed by atoms with Gasteiger partial charge in [-0.3, -0.25) is 9.59 Å². The third-order valence-corrected chi connectivity index (χ3v) is 1.41. The average molecular weight is 203 g/mol. The quantitative estimate of drug-likeness (QED) is 0.434. The maximum Gasteiger partial charge on any atom is 0.315 e. The van der Waals surface area contributed by atoms with Crippen LogP contribution >= 0.6 is 0 Å². The molecule has 7 heteroatoms. The van der Waals surface area contributed by atoms with E-state index in [4.69, 9.17) is 10.8 Å². The Morgan fingerprint density at radius 1 is 1.36 bits per heavy atom. The molecule has 7 nitrogen and oxygen atoms in total. The number of nitrogens with one attached hydrogen (secondary N) is 2. The van der Waals surface area contributed by atoms with Gasteiger partial charge in [0.1, 0.15) is 0 Å². The van der Waals surface area contributed by atoms with Gasteiger partial charge in [0.15, 0.2) is 0 Å². The van der Waals surface area contributed by atoms with Crippen LogP contribution in [0.15, 0.2) is 0 Å². The first-order valence-corrected chi connectivity index (χ1v) is 3.96. The molecule has 0 aliphatic carbocycles. The summed E-state index contributed by atoms with van der Waals surface area (Å²) in [5, 5.41) is 12.9. The monoisotopic (exact) mass is 203 g/mol. The summed E-state index contributed by atoms with van der Waals surface area (Å²) >= 11 is 0. The molecule has 0 spiro atoms. The largest absolute Gasteiger partial charge is 0.481 e. The van der Waals surface area contributed by atoms with Crippen molar-refractivity contribution in [3.05, 3.63) is 0 Å². The minimum Gasteiger partial charge on any atom is -0.481 e. The van der Waals surface area contributed by atoms with Gasteiger partial charge in [0.2, 0.25) is 5.91 Å².